The van der Waals surface area contributed by atoms with Gasteiger partial charge in [0.25, 0.3) is 5.56 Å². The Morgan fingerprint density at radius 2 is 1.79 bits per heavy atom. The minimum absolute atomic E-state index is 0.214. The molecular weight excluding hydrogens is 300 g/mol. The molecule has 0 radical (unpaired) electrons. The molecule has 4 rings (SSSR count). The van der Waals surface area contributed by atoms with Crippen LogP contribution >= 0.6 is 0 Å². The van der Waals surface area contributed by atoms with Crippen molar-refractivity contribution in [1.82, 2.24) is 4.98 Å². The first-order valence-corrected chi connectivity index (χ1v) is 7.66. The van der Waals surface area contributed by atoms with Gasteiger partial charge in [-0.1, -0.05) is 48.5 Å². The molecule has 3 aromatic carbocycles. The molecule has 1 aromatic heterocycles. The maximum absolute atomic E-state index is 12.4. The number of anilines is 1. The summed E-state index contributed by atoms with van der Waals surface area (Å²) in [6, 6.07) is 19.6. The van der Waals surface area contributed by atoms with Gasteiger partial charge in [-0.05, 0) is 23.1 Å². The fraction of sp³-hybridized carbons (Fsp3) is 0.0500. The van der Waals surface area contributed by atoms with Crippen LogP contribution in [-0.4, -0.2) is 12.1 Å². The summed E-state index contributed by atoms with van der Waals surface area (Å²) in [5.74, 6) is 0.723. The monoisotopic (exact) mass is 316 g/mol. The van der Waals surface area contributed by atoms with Gasteiger partial charge in [0.05, 0.1) is 12.6 Å². The van der Waals surface area contributed by atoms with Gasteiger partial charge >= 0.3 is 0 Å². The molecule has 4 nitrogen and oxygen atoms in total. The Balaban J connectivity index is 2.16. The molecular formula is C20H16N2O2. The first-order chi connectivity index (χ1) is 11.7. The summed E-state index contributed by atoms with van der Waals surface area (Å²) in [6.07, 6.45) is 0. The number of benzene rings is 3. The third kappa shape index (κ3) is 2.12. The van der Waals surface area contributed by atoms with Crippen molar-refractivity contribution in [3.8, 4) is 16.9 Å². The molecule has 0 saturated carbocycles. The number of nitrogens with two attached hydrogens (primary N) is 1. The second kappa shape index (κ2) is 5.42. The summed E-state index contributed by atoms with van der Waals surface area (Å²) in [6.45, 7) is 0. The molecule has 0 fully saturated rings. The Kier molecular flexibility index (Phi) is 3.24. The van der Waals surface area contributed by atoms with Crippen LogP contribution in [0.25, 0.3) is 32.8 Å². The largest absolute Gasteiger partial charge is 0.497 e. The standard InChI is InChI=1S/C20H16N2O2/c1-24-14-7-4-6-13(11-14)17-16-10-9-12-5-2-3-8-15(12)19(16)22-20(23)18(17)21/h2-11H,21H2,1H3,(H,22,23). The van der Waals surface area contributed by atoms with Crippen LogP contribution in [-0.2, 0) is 0 Å². The summed E-state index contributed by atoms with van der Waals surface area (Å²) in [7, 11) is 1.62. The average molecular weight is 316 g/mol. The molecule has 4 aromatic rings. The van der Waals surface area contributed by atoms with E-state index < -0.39 is 0 Å². The number of ether oxygens (including phenoxy) is 1. The van der Waals surface area contributed by atoms with Gasteiger partial charge in [0.15, 0.2) is 0 Å². The highest BCUT2D eigenvalue weighted by atomic mass is 16.5. The van der Waals surface area contributed by atoms with Crippen molar-refractivity contribution in [3.05, 3.63) is 71.0 Å². The van der Waals surface area contributed by atoms with Crippen molar-refractivity contribution in [3.63, 3.8) is 0 Å². The minimum atomic E-state index is -0.281. The van der Waals surface area contributed by atoms with Crippen LogP contribution in [0.4, 0.5) is 5.69 Å². The van der Waals surface area contributed by atoms with Crippen molar-refractivity contribution >= 4 is 27.4 Å². The van der Waals surface area contributed by atoms with Crippen molar-refractivity contribution in [2.45, 2.75) is 0 Å². The number of fused-ring (bicyclic) bond motifs is 3. The molecule has 0 saturated heterocycles. The molecule has 4 heteroatoms. The maximum Gasteiger partial charge on any atom is 0.272 e. The average Bonchev–Trinajstić information content (AvgIpc) is 2.63. The van der Waals surface area contributed by atoms with E-state index in [2.05, 4.69) is 4.98 Å². The van der Waals surface area contributed by atoms with Gasteiger partial charge < -0.3 is 15.5 Å². The molecule has 0 bridgehead atoms. The summed E-state index contributed by atoms with van der Waals surface area (Å²) in [4.78, 5) is 15.3. The number of aromatic amines is 1. The van der Waals surface area contributed by atoms with E-state index in [0.717, 1.165) is 38.6 Å². The molecule has 0 aliphatic heterocycles. The molecule has 118 valence electrons. The molecule has 24 heavy (non-hydrogen) atoms. The van der Waals surface area contributed by atoms with Gasteiger partial charge in [0.1, 0.15) is 11.4 Å². The smallest absolute Gasteiger partial charge is 0.272 e. The highest BCUT2D eigenvalue weighted by Gasteiger charge is 2.14. The van der Waals surface area contributed by atoms with Crippen molar-refractivity contribution in [2.75, 3.05) is 12.8 Å². The van der Waals surface area contributed by atoms with Crippen LogP contribution in [0.2, 0.25) is 0 Å². The third-order valence-corrected chi connectivity index (χ3v) is 4.31. The number of aromatic nitrogens is 1. The minimum Gasteiger partial charge on any atom is -0.497 e. The zero-order valence-electron chi connectivity index (χ0n) is 13.2. The summed E-state index contributed by atoms with van der Waals surface area (Å²) in [5, 5.41) is 2.98. The van der Waals surface area contributed by atoms with E-state index in [4.69, 9.17) is 10.5 Å². The predicted octanol–water partition coefficient (Wildman–Crippen LogP) is 3.94. The van der Waals surface area contributed by atoms with Crippen LogP contribution in [0.1, 0.15) is 0 Å². The quantitative estimate of drug-likeness (QED) is 0.550. The number of rotatable bonds is 2. The number of hydrogen-bond donors (Lipinski definition) is 2. The Hall–Kier alpha value is -3.27. The predicted molar refractivity (Wildman–Crippen MR) is 98.5 cm³/mol. The lowest BCUT2D eigenvalue weighted by Gasteiger charge is -2.12. The fourth-order valence-electron chi connectivity index (χ4n) is 3.14. The van der Waals surface area contributed by atoms with Crippen molar-refractivity contribution in [1.29, 1.82) is 0 Å². The Morgan fingerprint density at radius 1 is 0.958 bits per heavy atom. The van der Waals surface area contributed by atoms with Crippen LogP contribution in [0.5, 0.6) is 5.75 Å². The van der Waals surface area contributed by atoms with Gasteiger partial charge in [-0.15, -0.1) is 0 Å². The van der Waals surface area contributed by atoms with E-state index in [9.17, 15) is 4.79 Å². The Labute approximate surface area is 138 Å². The molecule has 3 N–H and O–H groups in total. The lowest BCUT2D eigenvalue weighted by molar-refractivity contribution is 0.415. The lowest BCUT2D eigenvalue weighted by atomic mass is 9.96. The first-order valence-electron chi connectivity index (χ1n) is 7.66. The summed E-state index contributed by atoms with van der Waals surface area (Å²) in [5.41, 5.74) is 8.46. The highest BCUT2D eigenvalue weighted by Crippen LogP contribution is 2.35. The highest BCUT2D eigenvalue weighted by molar-refractivity contribution is 6.12. The molecule has 0 spiro atoms. The van der Waals surface area contributed by atoms with Crippen molar-refractivity contribution in [2.24, 2.45) is 0 Å². The van der Waals surface area contributed by atoms with Gasteiger partial charge in [0.2, 0.25) is 0 Å². The number of hydrogen-bond acceptors (Lipinski definition) is 3. The van der Waals surface area contributed by atoms with E-state index in [0.29, 0.717) is 0 Å². The van der Waals surface area contributed by atoms with Crippen molar-refractivity contribution < 1.29 is 4.74 Å². The number of H-pyrrole nitrogens is 1. The van der Waals surface area contributed by atoms with Crippen LogP contribution in [0, 0.1) is 0 Å². The summed E-state index contributed by atoms with van der Waals surface area (Å²) < 4.78 is 5.30. The van der Waals surface area contributed by atoms with Crippen LogP contribution in [0.3, 0.4) is 0 Å². The van der Waals surface area contributed by atoms with Gasteiger partial charge in [0, 0.05) is 16.3 Å². The molecule has 0 aliphatic carbocycles. The number of nitrogens with one attached hydrogen (secondary N) is 1. The van der Waals surface area contributed by atoms with E-state index in [1.165, 1.54) is 0 Å². The zero-order valence-corrected chi connectivity index (χ0v) is 13.2. The number of nitrogen functional groups attached to an aromatic ring is 1. The normalized spacial score (nSPS) is 11.0. The maximum atomic E-state index is 12.4. The SMILES string of the molecule is COc1cccc(-c2c(N)c(=O)[nH]c3c2ccc2ccccc23)c1. The first kappa shape index (κ1) is 14.3. The second-order valence-electron chi connectivity index (χ2n) is 5.68. The molecule has 0 amide bonds. The molecule has 0 atom stereocenters. The van der Waals surface area contributed by atoms with Gasteiger partial charge in [-0.2, -0.15) is 0 Å². The van der Waals surface area contributed by atoms with E-state index in [1.807, 2.05) is 60.7 Å². The molecule has 0 aliphatic rings. The van der Waals surface area contributed by atoms with E-state index in [-0.39, 0.29) is 11.2 Å². The van der Waals surface area contributed by atoms with E-state index in [1.54, 1.807) is 7.11 Å². The lowest BCUT2D eigenvalue weighted by Crippen LogP contribution is -2.13. The third-order valence-electron chi connectivity index (χ3n) is 4.31. The fourth-order valence-corrected chi connectivity index (χ4v) is 3.14. The Morgan fingerprint density at radius 3 is 2.62 bits per heavy atom. The zero-order chi connectivity index (χ0) is 16.7. The number of methoxy groups -OCH3 is 1. The van der Waals surface area contributed by atoms with Gasteiger partial charge in [-0.25, -0.2) is 0 Å². The molecule has 0 unspecified atom stereocenters. The topological polar surface area (TPSA) is 68.1 Å². The van der Waals surface area contributed by atoms with Gasteiger partial charge in [-0.3, -0.25) is 4.79 Å². The summed E-state index contributed by atoms with van der Waals surface area (Å²) >= 11 is 0. The van der Waals surface area contributed by atoms with E-state index >= 15 is 0 Å². The molecule has 1 heterocycles. The second-order valence-corrected chi connectivity index (χ2v) is 5.68. The van der Waals surface area contributed by atoms with Crippen LogP contribution in [0.15, 0.2) is 65.5 Å². The number of pyridine rings is 1. The van der Waals surface area contributed by atoms with Crippen LogP contribution < -0.4 is 16.0 Å². The Bertz CT molecular complexity index is 1130.